The van der Waals surface area contributed by atoms with Crippen LogP contribution in [0.4, 0.5) is 10.1 Å². The van der Waals surface area contributed by atoms with Gasteiger partial charge in [-0.05, 0) is 35.9 Å². The molecule has 2 atom stereocenters. The Hall–Kier alpha value is -2.82. The van der Waals surface area contributed by atoms with Crippen LogP contribution < -0.4 is 5.32 Å². The average Bonchev–Trinajstić information content (AvgIpc) is 2.55. The molecule has 118 valence electrons. The number of Topliss-reactive ketones (excluding diaryl/α,β-unsaturated/α-hetero) is 1. The lowest BCUT2D eigenvalue weighted by Crippen LogP contribution is -2.30. The summed E-state index contributed by atoms with van der Waals surface area (Å²) in [7, 11) is 0. The first-order valence-corrected chi connectivity index (χ1v) is 7.15. The zero-order valence-electron chi connectivity index (χ0n) is 12.7. The fraction of sp³-hybridized carbons (Fsp3) is 0.167. The Labute approximate surface area is 134 Å². The van der Waals surface area contributed by atoms with Crippen molar-refractivity contribution < 1.29 is 14.0 Å². The van der Waals surface area contributed by atoms with Crippen LogP contribution in [0, 0.1) is 11.7 Å². The van der Waals surface area contributed by atoms with Crippen LogP contribution in [-0.2, 0) is 9.59 Å². The number of pyridine rings is 1. The van der Waals surface area contributed by atoms with Crippen LogP contribution in [0.2, 0.25) is 0 Å². The Morgan fingerprint density at radius 2 is 1.96 bits per heavy atom. The highest BCUT2D eigenvalue weighted by Gasteiger charge is 2.30. The maximum Gasteiger partial charge on any atom is 0.239 e. The number of rotatable bonds is 6. The van der Waals surface area contributed by atoms with Gasteiger partial charge in [-0.15, -0.1) is 6.58 Å². The standard InChI is InChI=1S/C18H17FN2O2/c1-3-12(2)17(22)16(13-7-9-20-10-8-13)18(23)21-15-6-4-5-14(19)11-15/h3-12,16H,1H2,2H3,(H,21,23). The molecule has 2 rings (SSSR count). The van der Waals surface area contributed by atoms with Gasteiger partial charge in [-0.25, -0.2) is 4.39 Å². The molecule has 1 aromatic carbocycles. The predicted molar refractivity (Wildman–Crippen MR) is 86.4 cm³/mol. The third-order valence-electron chi connectivity index (χ3n) is 3.48. The molecule has 0 radical (unpaired) electrons. The molecule has 0 fully saturated rings. The summed E-state index contributed by atoms with van der Waals surface area (Å²) in [6.45, 7) is 5.28. The topological polar surface area (TPSA) is 59.1 Å². The minimum Gasteiger partial charge on any atom is -0.325 e. The van der Waals surface area contributed by atoms with E-state index in [0.717, 1.165) is 0 Å². The molecule has 0 aliphatic carbocycles. The highest BCUT2D eigenvalue weighted by atomic mass is 19.1. The molecule has 0 spiro atoms. The number of nitrogens with zero attached hydrogens (tertiary/aromatic N) is 1. The molecule has 4 nitrogen and oxygen atoms in total. The quantitative estimate of drug-likeness (QED) is 0.657. The third kappa shape index (κ3) is 4.10. The van der Waals surface area contributed by atoms with E-state index >= 15 is 0 Å². The Morgan fingerprint density at radius 3 is 2.57 bits per heavy atom. The van der Waals surface area contributed by atoms with Crippen LogP contribution in [0.15, 0.2) is 61.4 Å². The molecule has 23 heavy (non-hydrogen) atoms. The summed E-state index contributed by atoms with van der Waals surface area (Å²) in [5.41, 5.74) is 0.834. The summed E-state index contributed by atoms with van der Waals surface area (Å²) in [5.74, 6) is -2.74. The molecule has 0 aliphatic rings. The van der Waals surface area contributed by atoms with Crippen LogP contribution in [-0.4, -0.2) is 16.7 Å². The van der Waals surface area contributed by atoms with Gasteiger partial charge in [0.2, 0.25) is 5.91 Å². The lowest BCUT2D eigenvalue weighted by atomic mass is 9.88. The second-order valence-corrected chi connectivity index (χ2v) is 5.14. The van der Waals surface area contributed by atoms with E-state index in [1.807, 2.05) is 0 Å². The summed E-state index contributed by atoms with van der Waals surface area (Å²) >= 11 is 0. The van der Waals surface area contributed by atoms with E-state index in [-0.39, 0.29) is 5.78 Å². The number of amides is 1. The number of ketones is 1. The first-order valence-electron chi connectivity index (χ1n) is 7.15. The predicted octanol–water partition coefficient (Wildman–Crippen LogP) is 3.33. The van der Waals surface area contributed by atoms with Crippen molar-refractivity contribution in [3.05, 3.63) is 72.8 Å². The van der Waals surface area contributed by atoms with Crippen molar-refractivity contribution in [1.82, 2.24) is 4.98 Å². The maximum atomic E-state index is 13.2. The number of allylic oxidation sites excluding steroid dienone is 1. The second-order valence-electron chi connectivity index (χ2n) is 5.14. The van der Waals surface area contributed by atoms with E-state index in [2.05, 4.69) is 16.9 Å². The number of hydrogen-bond donors (Lipinski definition) is 1. The minimum atomic E-state index is -1.01. The van der Waals surface area contributed by atoms with Crippen LogP contribution in [0.5, 0.6) is 0 Å². The van der Waals surface area contributed by atoms with Gasteiger partial charge in [0.15, 0.2) is 5.78 Å². The van der Waals surface area contributed by atoms with Crippen molar-refractivity contribution in [2.75, 3.05) is 5.32 Å². The zero-order valence-corrected chi connectivity index (χ0v) is 12.7. The Kier molecular flexibility index (Phi) is 5.36. The van der Waals surface area contributed by atoms with Crippen molar-refractivity contribution >= 4 is 17.4 Å². The molecule has 1 N–H and O–H groups in total. The summed E-state index contributed by atoms with van der Waals surface area (Å²) in [6.07, 6.45) is 4.53. The molecule has 2 unspecified atom stereocenters. The van der Waals surface area contributed by atoms with Gasteiger partial charge in [0, 0.05) is 24.0 Å². The van der Waals surface area contributed by atoms with Gasteiger partial charge in [0.05, 0.1) is 0 Å². The van der Waals surface area contributed by atoms with Gasteiger partial charge in [-0.3, -0.25) is 14.6 Å². The number of nitrogens with one attached hydrogen (secondary N) is 1. The minimum absolute atomic E-state index is 0.278. The number of hydrogen-bond acceptors (Lipinski definition) is 3. The number of carbonyl (C=O) groups excluding carboxylic acids is 2. The molecule has 0 bridgehead atoms. The van der Waals surface area contributed by atoms with E-state index in [1.165, 1.54) is 36.7 Å². The van der Waals surface area contributed by atoms with Crippen molar-refractivity contribution in [1.29, 1.82) is 0 Å². The van der Waals surface area contributed by atoms with Crippen LogP contribution in [0.1, 0.15) is 18.4 Å². The smallest absolute Gasteiger partial charge is 0.239 e. The summed E-state index contributed by atoms with van der Waals surface area (Å²) < 4.78 is 13.2. The lowest BCUT2D eigenvalue weighted by Gasteiger charge is -2.18. The summed E-state index contributed by atoms with van der Waals surface area (Å²) in [4.78, 5) is 29.0. The summed E-state index contributed by atoms with van der Waals surface area (Å²) in [6, 6.07) is 8.75. The van der Waals surface area contributed by atoms with Gasteiger partial charge in [0.25, 0.3) is 0 Å². The van der Waals surface area contributed by atoms with Gasteiger partial charge in [0.1, 0.15) is 11.7 Å². The molecule has 1 heterocycles. The normalized spacial score (nSPS) is 13.0. The SMILES string of the molecule is C=CC(C)C(=O)C(C(=O)Nc1cccc(F)c1)c1ccncc1. The molecule has 0 aliphatic heterocycles. The van der Waals surface area contributed by atoms with E-state index in [1.54, 1.807) is 25.1 Å². The fourth-order valence-electron chi connectivity index (χ4n) is 2.16. The van der Waals surface area contributed by atoms with Gasteiger partial charge in [-0.1, -0.05) is 19.1 Å². The lowest BCUT2D eigenvalue weighted by molar-refractivity contribution is -0.129. The molecule has 5 heteroatoms. The van der Waals surface area contributed by atoms with E-state index < -0.39 is 23.6 Å². The average molecular weight is 312 g/mol. The van der Waals surface area contributed by atoms with Crippen LogP contribution in [0.3, 0.4) is 0 Å². The summed E-state index contributed by atoms with van der Waals surface area (Å²) in [5, 5.41) is 2.59. The third-order valence-corrected chi connectivity index (χ3v) is 3.48. The van der Waals surface area contributed by atoms with Crippen molar-refractivity contribution in [3.63, 3.8) is 0 Å². The van der Waals surface area contributed by atoms with Crippen molar-refractivity contribution in [2.45, 2.75) is 12.8 Å². The largest absolute Gasteiger partial charge is 0.325 e. The molecule has 1 aromatic heterocycles. The number of aromatic nitrogens is 1. The van der Waals surface area contributed by atoms with Gasteiger partial charge in [-0.2, -0.15) is 0 Å². The first-order chi connectivity index (χ1) is 11.0. The van der Waals surface area contributed by atoms with Gasteiger partial charge >= 0.3 is 0 Å². The first kappa shape index (κ1) is 16.5. The van der Waals surface area contributed by atoms with E-state index in [4.69, 9.17) is 0 Å². The van der Waals surface area contributed by atoms with Crippen LogP contribution >= 0.6 is 0 Å². The van der Waals surface area contributed by atoms with E-state index in [9.17, 15) is 14.0 Å². The fourth-order valence-corrected chi connectivity index (χ4v) is 2.16. The molecular weight excluding hydrogens is 295 g/mol. The highest BCUT2D eigenvalue weighted by Crippen LogP contribution is 2.23. The maximum absolute atomic E-state index is 13.2. The van der Waals surface area contributed by atoms with Crippen LogP contribution in [0.25, 0.3) is 0 Å². The Balaban J connectivity index is 2.31. The molecular formula is C18H17FN2O2. The number of carbonyl (C=O) groups is 2. The molecule has 0 saturated heterocycles. The highest BCUT2D eigenvalue weighted by molar-refractivity contribution is 6.12. The zero-order chi connectivity index (χ0) is 16.8. The Morgan fingerprint density at radius 1 is 1.26 bits per heavy atom. The van der Waals surface area contributed by atoms with Crippen molar-refractivity contribution in [2.24, 2.45) is 5.92 Å². The second kappa shape index (κ2) is 7.45. The molecule has 2 aromatic rings. The number of anilines is 1. The monoisotopic (exact) mass is 312 g/mol. The Bertz CT molecular complexity index is 716. The number of benzene rings is 1. The number of halogens is 1. The van der Waals surface area contributed by atoms with E-state index in [0.29, 0.717) is 11.3 Å². The molecule has 1 amide bonds. The van der Waals surface area contributed by atoms with Crippen molar-refractivity contribution in [3.8, 4) is 0 Å². The van der Waals surface area contributed by atoms with Gasteiger partial charge < -0.3 is 5.32 Å². The molecule has 0 saturated carbocycles.